The topological polar surface area (TPSA) is 53.6 Å². The Morgan fingerprint density at radius 1 is 1.21 bits per heavy atom. The van der Waals surface area contributed by atoms with Crippen molar-refractivity contribution in [1.29, 1.82) is 0 Å². The average molecular weight is 382 g/mol. The van der Waals surface area contributed by atoms with E-state index in [1.54, 1.807) is 0 Å². The van der Waals surface area contributed by atoms with Crippen LogP contribution in [0.25, 0.3) is 0 Å². The largest absolute Gasteiger partial charge is 0.370 e. The highest BCUT2D eigenvalue weighted by Gasteiger charge is 2.13. The summed E-state index contributed by atoms with van der Waals surface area (Å²) in [6.07, 6.45) is 7.71. The van der Waals surface area contributed by atoms with Gasteiger partial charge in [0.2, 0.25) is 0 Å². The highest BCUT2D eigenvalue weighted by molar-refractivity contribution is 14.0. The first-order valence-corrected chi connectivity index (χ1v) is 7.55. The Bertz CT molecular complexity index is 240. The second kappa shape index (κ2) is 11.8. The van der Waals surface area contributed by atoms with E-state index in [9.17, 15) is 0 Å². The van der Waals surface area contributed by atoms with E-state index in [0.717, 1.165) is 26.2 Å². The molecular formula is C14H31IN4. The van der Waals surface area contributed by atoms with E-state index in [-0.39, 0.29) is 24.0 Å². The summed E-state index contributed by atoms with van der Waals surface area (Å²) in [6, 6.07) is 0.556. The van der Waals surface area contributed by atoms with E-state index in [4.69, 9.17) is 5.73 Å². The molecule has 4 nitrogen and oxygen atoms in total. The molecule has 0 radical (unpaired) electrons. The number of halogens is 1. The van der Waals surface area contributed by atoms with Crippen molar-refractivity contribution in [3.8, 4) is 0 Å². The SMILES string of the molecule is CCCN(CC)CCN=C(N)NC1CCCCC1.I. The van der Waals surface area contributed by atoms with Gasteiger partial charge in [-0.25, -0.2) is 0 Å². The van der Waals surface area contributed by atoms with Crippen LogP contribution >= 0.6 is 24.0 Å². The van der Waals surface area contributed by atoms with Crippen LogP contribution in [-0.4, -0.2) is 43.1 Å². The molecule has 0 aromatic carbocycles. The van der Waals surface area contributed by atoms with Gasteiger partial charge in [0.25, 0.3) is 0 Å². The Hall–Kier alpha value is -0.0400. The fourth-order valence-electron chi connectivity index (χ4n) is 2.56. The summed E-state index contributed by atoms with van der Waals surface area (Å²) >= 11 is 0. The lowest BCUT2D eigenvalue weighted by Gasteiger charge is -2.23. The van der Waals surface area contributed by atoms with Gasteiger partial charge in [-0.15, -0.1) is 24.0 Å². The maximum Gasteiger partial charge on any atom is 0.188 e. The van der Waals surface area contributed by atoms with Crippen LogP contribution in [0.5, 0.6) is 0 Å². The Morgan fingerprint density at radius 2 is 1.89 bits per heavy atom. The van der Waals surface area contributed by atoms with E-state index < -0.39 is 0 Å². The zero-order valence-electron chi connectivity index (χ0n) is 12.5. The van der Waals surface area contributed by atoms with Crippen molar-refractivity contribution < 1.29 is 0 Å². The summed E-state index contributed by atoms with van der Waals surface area (Å²) in [5.41, 5.74) is 5.93. The van der Waals surface area contributed by atoms with Crippen LogP contribution in [0.4, 0.5) is 0 Å². The smallest absolute Gasteiger partial charge is 0.188 e. The van der Waals surface area contributed by atoms with Gasteiger partial charge in [0.15, 0.2) is 5.96 Å². The van der Waals surface area contributed by atoms with E-state index in [0.29, 0.717) is 12.0 Å². The first-order chi connectivity index (χ1) is 8.76. The molecule has 0 aromatic rings. The molecule has 0 spiro atoms. The third kappa shape index (κ3) is 8.68. The number of guanidine groups is 1. The molecule has 1 rings (SSSR count). The minimum Gasteiger partial charge on any atom is -0.370 e. The second-order valence-corrected chi connectivity index (χ2v) is 5.18. The molecule has 0 aromatic heterocycles. The van der Waals surface area contributed by atoms with E-state index in [2.05, 4.69) is 29.1 Å². The van der Waals surface area contributed by atoms with E-state index in [1.165, 1.54) is 38.5 Å². The van der Waals surface area contributed by atoms with Crippen LogP contribution < -0.4 is 11.1 Å². The van der Waals surface area contributed by atoms with Crippen LogP contribution in [0, 0.1) is 0 Å². The third-order valence-corrected chi connectivity index (χ3v) is 3.64. The number of nitrogens with two attached hydrogens (primary N) is 1. The van der Waals surface area contributed by atoms with Crippen molar-refractivity contribution in [3.05, 3.63) is 0 Å². The summed E-state index contributed by atoms with van der Waals surface area (Å²) < 4.78 is 0. The highest BCUT2D eigenvalue weighted by Crippen LogP contribution is 2.16. The molecule has 0 atom stereocenters. The van der Waals surface area contributed by atoms with E-state index >= 15 is 0 Å². The number of hydrogen-bond donors (Lipinski definition) is 2. The van der Waals surface area contributed by atoms with Crippen LogP contribution in [-0.2, 0) is 0 Å². The number of nitrogens with one attached hydrogen (secondary N) is 1. The minimum atomic E-state index is 0. The number of rotatable bonds is 7. The molecule has 0 unspecified atom stereocenters. The summed E-state index contributed by atoms with van der Waals surface area (Å²) in [5, 5.41) is 3.35. The molecule has 0 aliphatic heterocycles. The predicted molar refractivity (Wildman–Crippen MR) is 94.3 cm³/mol. The Kier molecular flexibility index (Phi) is 11.7. The molecule has 0 bridgehead atoms. The molecule has 0 heterocycles. The van der Waals surface area contributed by atoms with Gasteiger partial charge in [0.05, 0.1) is 6.54 Å². The van der Waals surface area contributed by atoms with Crippen LogP contribution in [0.2, 0.25) is 0 Å². The average Bonchev–Trinajstić information content (AvgIpc) is 2.39. The van der Waals surface area contributed by atoms with Gasteiger partial charge < -0.3 is 16.0 Å². The molecule has 0 amide bonds. The number of likely N-dealkylation sites (N-methyl/N-ethyl adjacent to an activating group) is 1. The maximum absolute atomic E-state index is 5.93. The lowest BCUT2D eigenvalue weighted by molar-refractivity contribution is 0.297. The molecule has 0 saturated heterocycles. The van der Waals surface area contributed by atoms with Crippen molar-refractivity contribution in [3.63, 3.8) is 0 Å². The highest BCUT2D eigenvalue weighted by atomic mass is 127. The van der Waals surface area contributed by atoms with Crippen molar-refractivity contribution >= 4 is 29.9 Å². The number of hydrogen-bond acceptors (Lipinski definition) is 2. The summed E-state index contributed by atoms with van der Waals surface area (Å²) in [7, 11) is 0. The first-order valence-electron chi connectivity index (χ1n) is 7.55. The van der Waals surface area contributed by atoms with Crippen LogP contribution in [0.1, 0.15) is 52.4 Å². The summed E-state index contributed by atoms with van der Waals surface area (Å²) in [4.78, 5) is 6.84. The Morgan fingerprint density at radius 3 is 2.47 bits per heavy atom. The number of aliphatic imine (C=N–C) groups is 1. The van der Waals surface area contributed by atoms with Gasteiger partial charge in [-0.2, -0.15) is 0 Å². The zero-order valence-corrected chi connectivity index (χ0v) is 14.9. The van der Waals surface area contributed by atoms with Crippen molar-refractivity contribution in [2.75, 3.05) is 26.2 Å². The Labute approximate surface area is 135 Å². The molecular weight excluding hydrogens is 351 g/mol. The summed E-state index contributed by atoms with van der Waals surface area (Å²) in [5.74, 6) is 0.634. The normalized spacial score (nSPS) is 17.3. The van der Waals surface area contributed by atoms with Crippen LogP contribution in [0.3, 0.4) is 0 Å². The molecule has 5 heteroatoms. The van der Waals surface area contributed by atoms with Crippen molar-refractivity contribution in [1.82, 2.24) is 10.2 Å². The molecule has 114 valence electrons. The van der Waals surface area contributed by atoms with Crippen molar-refractivity contribution in [2.45, 2.75) is 58.4 Å². The quantitative estimate of drug-likeness (QED) is 0.404. The monoisotopic (exact) mass is 382 g/mol. The molecule has 1 fully saturated rings. The van der Waals surface area contributed by atoms with Gasteiger partial charge in [-0.05, 0) is 32.4 Å². The molecule has 1 aliphatic rings. The maximum atomic E-state index is 5.93. The number of nitrogens with zero attached hydrogens (tertiary/aromatic N) is 2. The third-order valence-electron chi connectivity index (χ3n) is 3.64. The van der Waals surface area contributed by atoms with Gasteiger partial charge in [-0.3, -0.25) is 4.99 Å². The fraction of sp³-hybridized carbons (Fsp3) is 0.929. The lowest BCUT2D eigenvalue weighted by atomic mass is 9.96. The van der Waals surface area contributed by atoms with Gasteiger partial charge in [-0.1, -0.05) is 33.1 Å². The molecule has 3 N–H and O–H groups in total. The van der Waals surface area contributed by atoms with Crippen molar-refractivity contribution in [2.24, 2.45) is 10.7 Å². The second-order valence-electron chi connectivity index (χ2n) is 5.18. The molecule has 1 aliphatic carbocycles. The van der Waals surface area contributed by atoms with Gasteiger partial charge >= 0.3 is 0 Å². The fourth-order valence-corrected chi connectivity index (χ4v) is 2.56. The van der Waals surface area contributed by atoms with Crippen LogP contribution in [0.15, 0.2) is 4.99 Å². The predicted octanol–water partition coefficient (Wildman–Crippen LogP) is 2.57. The Balaban J connectivity index is 0.00000324. The molecule has 19 heavy (non-hydrogen) atoms. The minimum absolute atomic E-state index is 0. The van der Waals surface area contributed by atoms with E-state index in [1.807, 2.05) is 0 Å². The van der Waals surface area contributed by atoms with Gasteiger partial charge in [0, 0.05) is 12.6 Å². The zero-order chi connectivity index (χ0) is 13.2. The standard InChI is InChI=1S/C14H30N4.HI/c1-3-11-18(4-2)12-10-16-14(15)17-13-8-6-5-7-9-13;/h13H,3-12H2,1-2H3,(H3,15,16,17);1H. The molecule has 1 saturated carbocycles. The van der Waals surface area contributed by atoms with Gasteiger partial charge in [0.1, 0.15) is 0 Å². The summed E-state index contributed by atoms with van der Waals surface area (Å²) in [6.45, 7) is 8.48. The first kappa shape index (κ1) is 19.0. The lowest BCUT2D eigenvalue weighted by Crippen LogP contribution is -2.41.